The molecule has 3 aromatic rings. The Labute approximate surface area is 190 Å². The highest BCUT2D eigenvalue weighted by Gasteiger charge is 2.47. The Balaban J connectivity index is 1.68. The predicted molar refractivity (Wildman–Crippen MR) is 124 cm³/mol. The minimum absolute atomic E-state index is 0.0258. The van der Waals surface area contributed by atoms with Gasteiger partial charge in [0.05, 0.1) is 6.04 Å². The molecule has 1 aliphatic carbocycles. The average Bonchev–Trinajstić information content (AvgIpc) is 3.47. The van der Waals surface area contributed by atoms with Crippen LogP contribution in [0.4, 0.5) is 8.78 Å². The van der Waals surface area contributed by atoms with Crippen LogP contribution in [0.15, 0.2) is 42.5 Å². The summed E-state index contributed by atoms with van der Waals surface area (Å²) in [5.41, 5.74) is 2.64. The third-order valence-electron chi connectivity index (χ3n) is 6.96. The van der Waals surface area contributed by atoms with Crippen LogP contribution in [0.2, 0.25) is 0 Å². The quantitative estimate of drug-likeness (QED) is 0.413. The fourth-order valence-corrected chi connectivity index (χ4v) is 5.04. The predicted octanol–water partition coefficient (Wildman–Crippen LogP) is 5.29. The third-order valence-corrected chi connectivity index (χ3v) is 6.96. The molecule has 1 saturated carbocycles. The topological polar surface area (TPSA) is 56.3 Å². The van der Waals surface area contributed by atoms with Crippen LogP contribution in [0.5, 0.6) is 0 Å². The monoisotopic (exact) mass is 446 g/mol. The van der Waals surface area contributed by atoms with Gasteiger partial charge in [0.15, 0.2) is 0 Å². The Morgan fingerprint density at radius 1 is 1.30 bits per heavy atom. The lowest BCUT2D eigenvalue weighted by molar-refractivity contribution is -0.131. The summed E-state index contributed by atoms with van der Waals surface area (Å²) in [5.74, 6) is 0.305. The van der Waals surface area contributed by atoms with Crippen LogP contribution in [-0.4, -0.2) is 33.5 Å². The van der Waals surface area contributed by atoms with Gasteiger partial charge in [-0.05, 0) is 61.6 Å². The highest BCUT2D eigenvalue weighted by atomic mass is 19.1. The number of H-pyrrole nitrogens is 1. The third kappa shape index (κ3) is 3.73. The largest absolute Gasteiger partial charge is 0.478 e. The summed E-state index contributed by atoms with van der Waals surface area (Å²) in [5, 5.41) is 9.91. The molecule has 2 aromatic carbocycles. The van der Waals surface area contributed by atoms with Gasteiger partial charge in [-0.15, -0.1) is 6.42 Å². The minimum Gasteiger partial charge on any atom is -0.478 e. The molecule has 1 aliphatic heterocycles. The van der Waals surface area contributed by atoms with Gasteiger partial charge in [0.2, 0.25) is 0 Å². The molecule has 2 heterocycles. The molecule has 1 fully saturated rings. The number of hydrogen-bond acceptors (Lipinski definition) is 2. The highest BCUT2D eigenvalue weighted by molar-refractivity contribution is 5.86. The van der Waals surface area contributed by atoms with Gasteiger partial charge in [-0.25, -0.2) is 13.6 Å². The molecule has 0 amide bonds. The minimum atomic E-state index is -1.18. The van der Waals surface area contributed by atoms with Crippen molar-refractivity contribution in [3.8, 4) is 12.3 Å². The van der Waals surface area contributed by atoms with Crippen LogP contribution in [0.25, 0.3) is 17.0 Å². The fraction of sp³-hybridized carbons (Fsp3) is 0.296. The van der Waals surface area contributed by atoms with Crippen molar-refractivity contribution in [2.75, 3.05) is 6.54 Å². The first-order valence-electron chi connectivity index (χ1n) is 11.0. The standard InChI is InChI=1S/C27H24F2N2O2/c1-3-27(10-11-27)15-31-16(2)12-19-18-6-4-5-7-22(18)30-25(19)26(31)24-20(28)13-17(14-21(24)29)8-9-23(32)33/h1,4-9,13-14,16,26,30H,10-12,15H2,2H3,(H,32,33)/b9-8+/t16-,26-/m1/s1. The number of carbonyl (C=O) groups is 1. The van der Waals surface area contributed by atoms with E-state index in [-0.39, 0.29) is 22.6 Å². The summed E-state index contributed by atoms with van der Waals surface area (Å²) in [7, 11) is 0. The number of carboxylic acid groups (broad SMARTS) is 1. The van der Waals surface area contributed by atoms with Crippen LogP contribution >= 0.6 is 0 Å². The number of halogens is 2. The Kier molecular flexibility index (Phi) is 5.10. The number of nitrogens with zero attached hydrogens (tertiary/aromatic N) is 1. The van der Waals surface area contributed by atoms with Crippen LogP contribution in [-0.2, 0) is 11.2 Å². The smallest absolute Gasteiger partial charge is 0.328 e. The lowest BCUT2D eigenvalue weighted by Gasteiger charge is -2.42. The van der Waals surface area contributed by atoms with E-state index in [9.17, 15) is 4.79 Å². The van der Waals surface area contributed by atoms with Crippen LogP contribution in [0.3, 0.4) is 0 Å². The summed E-state index contributed by atoms with van der Waals surface area (Å²) in [6.07, 6.45) is 10.4. The van der Waals surface area contributed by atoms with Crippen LogP contribution < -0.4 is 0 Å². The maximum Gasteiger partial charge on any atom is 0.328 e. The molecule has 2 aliphatic rings. The first kappa shape index (κ1) is 21.4. The molecule has 168 valence electrons. The van der Waals surface area contributed by atoms with Crippen molar-refractivity contribution in [3.63, 3.8) is 0 Å². The number of aromatic nitrogens is 1. The van der Waals surface area contributed by atoms with E-state index in [1.807, 2.05) is 24.3 Å². The number of para-hydroxylation sites is 1. The van der Waals surface area contributed by atoms with Gasteiger partial charge in [-0.3, -0.25) is 4.90 Å². The highest BCUT2D eigenvalue weighted by Crippen LogP contribution is 2.50. The van der Waals surface area contributed by atoms with Gasteiger partial charge < -0.3 is 10.1 Å². The van der Waals surface area contributed by atoms with Gasteiger partial charge in [-0.1, -0.05) is 24.1 Å². The molecule has 6 heteroatoms. The van der Waals surface area contributed by atoms with Gasteiger partial charge in [0.1, 0.15) is 11.6 Å². The molecule has 0 saturated heterocycles. The van der Waals surface area contributed by atoms with E-state index in [0.717, 1.165) is 47.5 Å². The number of aromatic amines is 1. The van der Waals surface area contributed by atoms with Crippen molar-refractivity contribution < 1.29 is 18.7 Å². The van der Waals surface area contributed by atoms with E-state index in [1.165, 1.54) is 18.2 Å². The van der Waals surface area contributed by atoms with E-state index in [0.29, 0.717) is 6.54 Å². The molecule has 2 N–H and O–H groups in total. The van der Waals surface area contributed by atoms with Crippen molar-refractivity contribution in [2.45, 2.75) is 38.3 Å². The van der Waals surface area contributed by atoms with E-state index in [2.05, 4.69) is 22.7 Å². The number of carboxylic acids is 1. The van der Waals surface area contributed by atoms with Crippen molar-refractivity contribution in [2.24, 2.45) is 5.41 Å². The summed E-state index contributed by atoms with van der Waals surface area (Å²) in [6, 6.07) is 9.62. The molecule has 0 bridgehead atoms. The number of rotatable bonds is 5. The fourth-order valence-electron chi connectivity index (χ4n) is 5.04. The van der Waals surface area contributed by atoms with Crippen molar-refractivity contribution >= 4 is 22.9 Å². The summed E-state index contributed by atoms with van der Waals surface area (Å²) in [6.45, 7) is 2.63. The van der Waals surface area contributed by atoms with Gasteiger partial charge in [-0.2, -0.15) is 0 Å². The average molecular weight is 446 g/mol. The second-order valence-corrected chi connectivity index (χ2v) is 9.19. The zero-order valence-electron chi connectivity index (χ0n) is 18.2. The lowest BCUT2D eigenvalue weighted by Crippen LogP contribution is -2.46. The van der Waals surface area contributed by atoms with Gasteiger partial charge in [0, 0.05) is 46.2 Å². The summed E-state index contributed by atoms with van der Waals surface area (Å²) in [4.78, 5) is 16.4. The Morgan fingerprint density at radius 3 is 2.64 bits per heavy atom. The molecular weight excluding hydrogens is 422 g/mol. The second kappa shape index (κ2) is 7.86. The van der Waals surface area contributed by atoms with E-state index >= 15 is 8.78 Å². The molecule has 2 atom stereocenters. The molecule has 5 rings (SSSR count). The number of hydrogen-bond donors (Lipinski definition) is 2. The lowest BCUT2D eigenvalue weighted by atomic mass is 9.86. The number of nitrogens with one attached hydrogen (secondary N) is 1. The number of fused-ring (bicyclic) bond motifs is 3. The molecule has 0 unspecified atom stereocenters. The molecule has 4 nitrogen and oxygen atoms in total. The van der Waals surface area contributed by atoms with Crippen LogP contribution in [0.1, 0.15) is 48.2 Å². The summed E-state index contributed by atoms with van der Waals surface area (Å²) < 4.78 is 31.0. The van der Waals surface area contributed by atoms with E-state index < -0.39 is 23.6 Å². The first-order valence-corrected chi connectivity index (χ1v) is 11.0. The Bertz CT molecular complexity index is 1310. The second-order valence-electron chi connectivity index (χ2n) is 9.19. The van der Waals surface area contributed by atoms with E-state index in [4.69, 9.17) is 11.5 Å². The maximum atomic E-state index is 15.5. The van der Waals surface area contributed by atoms with Gasteiger partial charge in [0.25, 0.3) is 0 Å². The van der Waals surface area contributed by atoms with Crippen LogP contribution in [0, 0.1) is 29.4 Å². The van der Waals surface area contributed by atoms with Crippen molar-refractivity contribution in [1.29, 1.82) is 0 Å². The SMILES string of the molecule is C#CC1(CN2[C@H](c3c(F)cc(/C=C/C(=O)O)cc3F)c3[nH]c4ccccc4c3C[C@H]2C)CC1. The van der Waals surface area contributed by atoms with E-state index in [1.54, 1.807) is 0 Å². The first-order chi connectivity index (χ1) is 15.8. The van der Waals surface area contributed by atoms with Gasteiger partial charge >= 0.3 is 5.97 Å². The van der Waals surface area contributed by atoms with Crippen molar-refractivity contribution in [1.82, 2.24) is 9.88 Å². The summed E-state index contributed by atoms with van der Waals surface area (Å²) >= 11 is 0. The zero-order valence-corrected chi connectivity index (χ0v) is 18.2. The number of terminal acetylenes is 1. The molecule has 0 radical (unpaired) electrons. The number of benzene rings is 2. The molecule has 0 spiro atoms. The Hall–Kier alpha value is -3.43. The van der Waals surface area contributed by atoms with Crippen molar-refractivity contribution in [3.05, 3.63) is 76.5 Å². The number of aliphatic carboxylic acids is 1. The molecule has 33 heavy (non-hydrogen) atoms. The molecule has 1 aromatic heterocycles. The Morgan fingerprint density at radius 2 is 2.00 bits per heavy atom. The normalized spacial score (nSPS) is 21.8. The maximum absolute atomic E-state index is 15.5. The zero-order chi connectivity index (χ0) is 23.3. The molecular formula is C27H24F2N2O2.